The number of amides is 1. The van der Waals surface area contributed by atoms with E-state index in [2.05, 4.69) is 5.32 Å². The molecule has 1 amide bonds. The van der Waals surface area contributed by atoms with Gasteiger partial charge in [0.15, 0.2) is 0 Å². The molecule has 0 bridgehead atoms. The number of carbonyl (C=O) groups excluding carboxylic acids is 1. The number of carbonyl (C=O) groups is 1. The van der Waals surface area contributed by atoms with Crippen LogP contribution in [0.15, 0.2) is 30.3 Å². The Morgan fingerprint density at radius 3 is 2.88 bits per heavy atom. The van der Waals surface area contributed by atoms with Crippen molar-refractivity contribution < 1.29 is 9.53 Å². The van der Waals surface area contributed by atoms with Crippen molar-refractivity contribution in [3.8, 4) is 5.75 Å². The highest BCUT2D eigenvalue weighted by atomic mass is 16.5. The smallest absolute Gasteiger partial charge is 0.236 e. The van der Waals surface area contributed by atoms with Gasteiger partial charge in [-0.2, -0.15) is 0 Å². The maximum Gasteiger partial charge on any atom is 0.236 e. The molecule has 0 unspecified atom stereocenters. The van der Waals surface area contributed by atoms with Crippen LogP contribution in [0.1, 0.15) is 0 Å². The quantitative estimate of drug-likeness (QED) is 0.803. The van der Waals surface area contributed by atoms with Crippen LogP contribution in [-0.2, 0) is 4.79 Å². The largest absolute Gasteiger partial charge is 0.492 e. The first kappa shape index (κ1) is 11.0. The molecule has 2 rings (SSSR count). The molecule has 0 spiro atoms. The lowest BCUT2D eigenvalue weighted by atomic mass is 10.3. The Morgan fingerprint density at radius 1 is 1.31 bits per heavy atom. The van der Waals surface area contributed by atoms with Gasteiger partial charge in [-0.1, -0.05) is 18.2 Å². The maximum atomic E-state index is 11.4. The summed E-state index contributed by atoms with van der Waals surface area (Å²) in [5.41, 5.74) is 0. The molecule has 0 aliphatic carbocycles. The molecule has 4 heteroatoms. The highest BCUT2D eigenvalue weighted by Gasteiger charge is 2.16. The molecule has 0 radical (unpaired) electrons. The highest BCUT2D eigenvalue weighted by molar-refractivity contribution is 5.78. The van der Waals surface area contributed by atoms with Gasteiger partial charge in [-0.25, -0.2) is 0 Å². The molecule has 1 aliphatic rings. The Hall–Kier alpha value is -1.55. The lowest BCUT2D eigenvalue weighted by Crippen LogP contribution is -2.49. The van der Waals surface area contributed by atoms with Gasteiger partial charge in [0.05, 0.1) is 13.1 Å². The van der Waals surface area contributed by atoms with Gasteiger partial charge in [-0.3, -0.25) is 4.79 Å². The number of benzene rings is 1. The Morgan fingerprint density at radius 2 is 2.12 bits per heavy atom. The third-order valence-electron chi connectivity index (χ3n) is 2.56. The molecule has 86 valence electrons. The fraction of sp³-hybridized carbons (Fsp3) is 0.417. The fourth-order valence-electron chi connectivity index (χ4n) is 1.67. The summed E-state index contributed by atoms with van der Waals surface area (Å²) in [7, 11) is 0. The second-order valence-electron chi connectivity index (χ2n) is 3.72. The number of rotatable bonds is 4. The van der Waals surface area contributed by atoms with Crippen LogP contribution in [0, 0.1) is 0 Å². The summed E-state index contributed by atoms with van der Waals surface area (Å²) in [6, 6.07) is 9.66. The van der Waals surface area contributed by atoms with Crippen molar-refractivity contribution >= 4 is 5.91 Å². The predicted molar refractivity (Wildman–Crippen MR) is 61.4 cm³/mol. The number of nitrogens with one attached hydrogen (secondary N) is 1. The van der Waals surface area contributed by atoms with E-state index in [0.29, 0.717) is 19.7 Å². The summed E-state index contributed by atoms with van der Waals surface area (Å²) in [6.07, 6.45) is 0. The molecule has 1 aromatic rings. The molecule has 0 aromatic heterocycles. The van der Waals surface area contributed by atoms with Crippen LogP contribution in [0.25, 0.3) is 0 Å². The molecule has 0 saturated carbocycles. The topological polar surface area (TPSA) is 41.6 Å². The van der Waals surface area contributed by atoms with E-state index >= 15 is 0 Å². The van der Waals surface area contributed by atoms with Crippen LogP contribution in [0.2, 0.25) is 0 Å². The zero-order chi connectivity index (χ0) is 11.2. The molecule has 0 atom stereocenters. The van der Waals surface area contributed by atoms with Gasteiger partial charge < -0.3 is 15.0 Å². The van der Waals surface area contributed by atoms with Crippen LogP contribution < -0.4 is 10.1 Å². The number of ether oxygens (including phenoxy) is 1. The van der Waals surface area contributed by atoms with Gasteiger partial charge in [0, 0.05) is 13.1 Å². The van der Waals surface area contributed by atoms with Crippen LogP contribution in [0.4, 0.5) is 0 Å². The van der Waals surface area contributed by atoms with E-state index in [-0.39, 0.29) is 5.91 Å². The fourth-order valence-corrected chi connectivity index (χ4v) is 1.67. The molecule has 16 heavy (non-hydrogen) atoms. The third kappa shape index (κ3) is 2.97. The van der Waals surface area contributed by atoms with Crippen LogP contribution in [-0.4, -0.2) is 43.6 Å². The minimum Gasteiger partial charge on any atom is -0.492 e. The third-order valence-corrected chi connectivity index (χ3v) is 2.56. The number of hydrogen-bond donors (Lipinski definition) is 1. The van der Waals surface area contributed by atoms with E-state index in [4.69, 9.17) is 4.74 Å². The first-order valence-corrected chi connectivity index (χ1v) is 5.52. The van der Waals surface area contributed by atoms with Crippen molar-refractivity contribution in [1.82, 2.24) is 10.2 Å². The number of hydrogen-bond acceptors (Lipinski definition) is 3. The van der Waals surface area contributed by atoms with E-state index in [1.54, 1.807) is 0 Å². The SMILES string of the molecule is O=C1CNCCN1CCOc1ccccc1. The van der Waals surface area contributed by atoms with Crippen molar-refractivity contribution in [2.45, 2.75) is 0 Å². The molecule has 1 heterocycles. The van der Waals surface area contributed by atoms with E-state index < -0.39 is 0 Å². The van der Waals surface area contributed by atoms with Crippen LogP contribution in [0.3, 0.4) is 0 Å². The molecular weight excluding hydrogens is 204 g/mol. The van der Waals surface area contributed by atoms with Crippen molar-refractivity contribution in [3.63, 3.8) is 0 Å². The van der Waals surface area contributed by atoms with E-state index in [0.717, 1.165) is 18.8 Å². The second-order valence-corrected chi connectivity index (χ2v) is 3.72. The molecule has 1 fully saturated rings. The van der Waals surface area contributed by atoms with E-state index in [9.17, 15) is 4.79 Å². The highest BCUT2D eigenvalue weighted by Crippen LogP contribution is 2.08. The predicted octanol–water partition coefficient (Wildman–Crippen LogP) is 0.497. The minimum atomic E-state index is 0.155. The summed E-state index contributed by atoms with van der Waals surface area (Å²) in [4.78, 5) is 13.3. The Bertz CT molecular complexity index is 340. The van der Waals surface area contributed by atoms with E-state index in [1.807, 2.05) is 35.2 Å². The second kappa shape index (κ2) is 5.51. The van der Waals surface area contributed by atoms with Gasteiger partial charge in [-0.15, -0.1) is 0 Å². The van der Waals surface area contributed by atoms with Gasteiger partial charge >= 0.3 is 0 Å². The molecule has 1 saturated heterocycles. The molecular formula is C12H16N2O2. The first-order chi connectivity index (χ1) is 7.86. The Balaban J connectivity index is 1.73. The van der Waals surface area contributed by atoms with Crippen molar-refractivity contribution in [1.29, 1.82) is 0 Å². The van der Waals surface area contributed by atoms with Gasteiger partial charge in [0.2, 0.25) is 5.91 Å². The molecule has 1 N–H and O–H groups in total. The lowest BCUT2D eigenvalue weighted by molar-refractivity contribution is -0.132. The van der Waals surface area contributed by atoms with Crippen LogP contribution in [0.5, 0.6) is 5.75 Å². The summed E-state index contributed by atoms with van der Waals surface area (Å²) in [6.45, 7) is 3.31. The first-order valence-electron chi connectivity index (χ1n) is 5.52. The number of piperazine rings is 1. The normalized spacial score (nSPS) is 16.2. The van der Waals surface area contributed by atoms with Crippen LogP contribution >= 0.6 is 0 Å². The monoisotopic (exact) mass is 220 g/mol. The molecule has 1 aromatic carbocycles. The zero-order valence-corrected chi connectivity index (χ0v) is 9.19. The van der Waals surface area contributed by atoms with Crippen molar-refractivity contribution in [2.75, 3.05) is 32.8 Å². The number of nitrogens with zero attached hydrogens (tertiary/aromatic N) is 1. The summed E-state index contributed by atoms with van der Waals surface area (Å²) < 4.78 is 5.54. The van der Waals surface area contributed by atoms with Gasteiger partial charge in [0.1, 0.15) is 12.4 Å². The Kier molecular flexibility index (Phi) is 3.77. The average molecular weight is 220 g/mol. The molecule has 1 aliphatic heterocycles. The summed E-state index contributed by atoms with van der Waals surface area (Å²) in [5, 5.41) is 3.04. The average Bonchev–Trinajstić information content (AvgIpc) is 2.33. The standard InChI is InChI=1S/C12H16N2O2/c15-12-10-13-6-7-14(12)8-9-16-11-4-2-1-3-5-11/h1-5,13H,6-10H2. The van der Waals surface area contributed by atoms with E-state index in [1.165, 1.54) is 0 Å². The lowest BCUT2D eigenvalue weighted by Gasteiger charge is -2.27. The minimum absolute atomic E-state index is 0.155. The number of para-hydroxylation sites is 1. The Labute approximate surface area is 95.2 Å². The summed E-state index contributed by atoms with van der Waals surface area (Å²) in [5.74, 6) is 1.01. The van der Waals surface area contributed by atoms with Crippen molar-refractivity contribution in [2.24, 2.45) is 0 Å². The van der Waals surface area contributed by atoms with Gasteiger partial charge in [-0.05, 0) is 12.1 Å². The maximum absolute atomic E-state index is 11.4. The summed E-state index contributed by atoms with van der Waals surface area (Å²) >= 11 is 0. The molecule has 4 nitrogen and oxygen atoms in total. The van der Waals surface area contributed by atoms with Crippen molar-refractivity contribution in [3.05, 3.63) is 30.3 Å². The van der Waals surface area contributed by atoms with Gasteiger partial charge in [0.25, 0.3) is 0 Å². The zero-order valence-electron chi connectivity index (χ0n) is 9.19.